The maximum Gasteiger partial charge on any atom is 0.182 e. The van der Waals surface area contributed by atoms with Gasteiger partial charge in [-0.05, 0) is 61.8 Å². The van der Waals surface area contributed by atoms with Crippen molar-refractivity contribution in [2.45, 2.75) is 20.8 Å². The second-order valence-corrected chi connectivity index (χ2v) is 5.34. The second-order valence-electron chi connectivity index (χ2n) is 4.96. The maximum atomic E-state index is 5.50. The van der Waals surface area contributed by atoms with Crippen LogP contribution >= 0.6 is 12.2 Å². The number of rotatable bonds is 1. The van der Waals surface area contributed by atoms with Crippen LogP contribution in [0.15, 0.2) is 36.4 Å². The Morgan fingerprint density at radius 1 is 0.947 bits per heavy atom. The van der Waals surface area contributed by atoms with Crippen molar-refractivity contribution in [2.75, 3.05) is 0 Å². The van der Waals surface area contributed by atoms with Gasteiger partial charge in [-0.25, -0.2) is 0 Å². The highest BCUT2D eigenvalue weighted by molar-refractivity contribution is 7.71. The van der Waals surface area contributed by atoms with Gasteiger partial charge in [0.1, 0.15) is 0 Å². The zero-order valence-electron chi connectivity index (χ0n) is 11.3. The third kappa shape index (κ3) is 1.81. The summed E-state index contributed by atoms with van der Waals surface area (Å²) in [5, 5.41) is 0. The van der Waals surface area contributed by atoms with Crippen LogP contribution in [0.5, 0.6) is 0 Å². The molecular formula is C16H16N2S. The lowest BCUT2D eigenvalue weighted by Crippen LogP contribution is -1.99. The molecule has 0 radical (unpaired) electrons. The molecule has 0 atom stereocenters. The Bertz CT molecular complexity index is 824. The summed E-state index contributed by atoms with van der Waals surface area (Å²) < 4.78 is 2.89. The van der Waals surface area contributed by atoms with Gasteiger partial charge < -0.3 is 4.98 Å². The molecule has 96 valence electrons. The van der Waals surface area contributed by atoms with Crippen LogP contribution in [0.4, 0.5) is 0 Å². The Balaban J connectivity index is 2.46. The first-order valence-corrected chi connectivity index (χ1v) is 6.77. The summed E-state index contributed by atoms with van der Waals surface area (Å²) in [6.07, 6.45) is 0. The summed E-state index contributed by atoms with van der Waals surface area (Å²) in [4.78, 5) is 3.29. The van der Waals surface area contributed by atoms with Crippen molar-refractivity contribution in [1.29, 1.82) is 0 Å². The van der Waals surface area contributed by atoms with Crippen molar-refractivity contribution in [3.63, 3.8) is 0 Å². The van der Waals surface area contributed by atoms with E-state index >= 15 is 0 Å². The lowest BCUT2D eigenvalue weighted by molar-refractivity contribution is 1.04. The lowest BCUT2D eigenvalue weighted by Gasteiger charge is -2.11. The quantitative estimate of drug-likeness (QED) is 0.639. The van der Waals surface area contributed by atoms with Crippen molar-refractivity contribution < 1.29 is 0 Å². The zero-order valence-corrected chi connectivity index (χ0v) is 12.1. The number of aromatic nitrogens is 2. The Hall–Kier alpha value is -1.87. The second kappa shape index (κ2) is 4.35. The minimum atomic E-state index is 0.748. The monoisotopic (exact) mass is 268 g/mol. The molecule has 0 saturated carbocycles. The molecule has 0 saturated heterocycles. The molecule has 1 heterocycles. The number of fused-ring (bicyclic) bond motifs is 1. The number of benzene rings is 2. The van der Waals surface area contributed by atoms with E-state index in [0.717, 1.165) is 16.0 Å². The summed E-state index contributed by atoms with van der Waals surface area (Å²) in [5.41, 5.74) is 7.19. The van der Waals surface area contributed by atoms with Gasteiger partial charge in [0.2, 0.25) is 0 Å². The van der Waals surface area contributed by atoms with Crippen LogP contribution in [0.2, 0.25) is 0 Å². The van der Waals surface area contributed by atoms with Crippen LogP contribution in [0, 0.1) is 25.5 Å². The van der Waals surface area contributed by atoms with Gasteiger partial charge in [-0.2, -0.15) is 0 Å². The van der Waals surface area contributed by atoms with Crippen LogP contribution in [0.25, 0.3) is 16.7 Å². The van der Waals surface area contributed by atoms with E-state index in [1.807, 2.05) is 0 Å². The van der Waals surface area contributed by atoms with Gasteiger partial charge in [0.05, 0.1) is 16.7 Å². The number of para-hydroxylation sites is 1. The van der Waals surface area contributed by atoms with Gasteiger partial charge in [0.25, 0.3) is 0 Å². The topological polar surface area (TPSA) is 20.7 Å². The van der Waals surface area contributed by atoms with E-state index in [0.29, 0.717) is 0 Å². The average molecular weight is 268 g/mol. The van der Waals surface area contributed by atoms with Crippen LogP contribution in [0.3, 0.4) is 0 Å². The first-order chi connectivity index (χ1) is 9.09. The summed E-state index contributed by atoms with van der Waals surface area (Å²) >= 11 is 5.50. The van der Waals surface area contributed by atoms with Crippen molar-refractivity contribution >= 4 is 23.3 Å². The molecule has 2 aromatic carbocycles. The minimum Gasteiger partial charge on any atom is -0.330 e. The molecule has 1 N–H and O–H groups in total. The summed E-state index contributed by atoms with van der Waals surface area (Å²) in [7, 11) is 0. The minimum absolute atomic E-state index is 0.748. The van der Waals surface area contributed by atoms with E-state index < -0.39 is 0 Å². The van der Waals surface area contributed by atoms with Crippen LogP contribution in [-0.4, -0.2) is 9.55 Å². The summed E-state index contributed by atoms with van der Waals surface area (Å²) in [6.45, 7) is 6.39. The molecule has 3 heteroatoms. The largest absolute Gasteiger partial charge is 0.330 e. The molecule has 19 heavy (non-hydrogen) atoms. The molecule has 0 fully saturated rings. The molecular weight excluding hydrogens is 252 g/mol. The predicted octanol–water partition coefficient (Wildman–Crippen LogP) is 4.61. The highest BCUT2D eigenvalue weighted by Crippen LogP contribution is 2.25. The third-order valence-corrected chi connectivity index (χ3v) is 4.01. The fraction of sp³-hybridized carbons (Fsp3) is 0.188. The molecule has 1 aromatic heterocycles. The van der Waals surface area contributed by atoms with Gasteiger partial charge in [-0.15, -0.1) is 0 Å². The van der Waals surface area contributed by atoms with Gasteiger partial charge in [0.15, 0.2) is 4.77 Å². The number of nitrogens with zero attached hydrogens (tertiary/aromatic N) is 1. The van der Waals surface area contributed by atoms with Gasteiger partial charge >= 0.3 is 0 Å². The third-order valence-electron chi connectivity index (χ3n) is 3.72. The lowest BCUT2D eigenvalue weighted by atomic mass is 10.1. The molecule has 3 aromatic rings. The highest BCUT2D eigenvalue weighted by Gasteiger charge is 2.11. The van der Waals surface area contributed by atoms with Crippen LogP contribution in [-0.2, 0) is 0 Å². The molecule has 0 amide bonds. The van der Waals surface area contributed by atoms with Crippen molar-refractivity contribution in [3.05, 3.63) is 57.9 Å². The summed E-state index contributed by atoms with van der Waals surface area (Å²) in [5.74, 6) is 0. The smallest absolute Gasteiger partial charge is 0.182 e. The van der Waals surface area contributed by atoms with Crippen molar-refractivity contribution in [1.82, 2.24) is 9.55 Å². The van der Waals surface area contributed by atoms with Crippen LogP contribution < -0.4 is 0 Å². The molecule has 0 aliphatic heterocycles. The van der Waals surface area contributed by atoms with E-state index in [2.05, 4.69) is 66.7 Å². The Morgan fingerprint density at radius 3 is 2.42 bits per heavy atom. The molecule has 0 bridgehead atoms. The first kappa shape index (κ1) is 12.2. The summed E-state index contributed by atoms with van der Waals surface area (Å²) in [6, 6.07) is 12.6. The highest BCUT2D eigenvalue weighted by atomic mass is 32.1. The van der Waals surface area contributed by atoms with E-state index in [1.54, 1.807) is 0 Å². The normalized spacial score (nSPS) is 11.1. The fourth-order valence-electron chi connectivity index (χ4n) is 2.54. The SMILES string of the molecule is Cc1cccc(-n2c(=S)[nH]c3cccc(C)c32)c1C. The zero-order chi connectivity index (χ0) is 13.6. The number of aryl methyl sites for hydroxylation is 2. The number of aromatic amines is 1. The first-order valence-electron chi connectivity index (χ1n) is 6.36. The number of imidazole rings is 1. The molecule has 0 aliphatic rings. The fourth-order valence-corrected chi connectivity index (χ4v) is 2.84. The Labute approximate surface area is 117 Å². The van der Waals surface area contributed by atoms with E-state index in [9.17, 15) is 0 Å². The molecule has 2 nitrogen and oxygen atoms in total. The van der Waals surface area contributed by atoms with E-state index in [4.69, 9.17) is 12.2 Å². The molecule has 0 aliphatic carbocycles. The van der Waals surface area contributed by atoms with E-state index in [-0.39, 0.29) is 0 Å². The maximum absolute atomic E-state index is 5.50. The van der Waals surface area contributed by atoms with Gasteiger partial charge in [0, 0.05) is 0 Å². The number of hydrogen-bond acceptors (Lipinski definition) is 1. The average Bonchev–Trinajstić information content (AvgIpc) is 2.71. The van der Waals surface area contributed by atoms with Crippen molar-refractivity contribution in [2.24, 2.45) is 0 Å². The van der Waals surface area contributed by atoms with Gasteiger partial charge in [-0.1, -0.05) is 24.3 Å². The van der Waals surface area contributed by atoms with Crippen molar-refractivity contribution in [3.8, 4) is 5.69 Å². The number of H-pyrrole nitrogens is 1. The standard InChI is InChI=1S/C16H16N2S/c1-10-6-5-9-14(12(10)3)18-15-11(2)7-4-8-13(15)17-16(18)19/h4-9H,1-3H3,(H,17,19). The Morgan fingerprint density at radius 2 is 1.63 bits per heavy atom. The number of hydrogen-bond donors (Lipinski definition) is 1. The molecule has 0 unspecified atom stereocenters. The van der Waals surface area contributed by atoms with Crippen LogP contribution in [0.1, 0.15) is 16.7 Å². The molecule has 3 rings (SSSR count). The Kier molecular flexibility index (Phi) is 2.79. The molecule has 0 spiro atoms. The number of nitrogens with one attached hydrogen (secondary N) is 1. The predicted molar refractivity (Wildman–Crippen MR) is 82.7 cm³/mol. The van der Waals surface area contributed by atoms with E-state index in [1.165, 1.54) is 22.2 Å². The van der Waals surface area contributed by atoms with Gasteiger partial charge in [-0.3, -0.25) is 4.57 Å².